The van der Waals surface area contributed by atoms with Crippen molar-refractivity contribution in [1.29, 1.82) is 0 Å². The fraction of sp³-hybridized carbons (Fsp3) is 0.579. The number of rotatable bonds is 4. The first-order valence-electron chi connectivity index (χ1n) is 7.75. The molecule has 0 aliphatic carbocycles. The van der Waals surface area contributed by atoms with Gasteiger partial charge >= 0.3 is 0 Å². The van der Waals surface area contributed by atoms with Gasteiger partial charge in [0, 0.05) is 0 Å². The van der Waals surface area contributed by atoms with E-state index < -0.39 is 0 Å². The van der Waals surface area contributed by atoms with Gasteiger partial charge in [0.2, 0.25) is 0 Å². The Kier molecular flexibility index (Phi) is 4.27. The van der Waals surface area contributed by atoms with Crippen LogP contribution in [0.2, 0.25) is 0 Å². The van der Waals surface area contributed by atoms with Gasteiger partial charge in [-0.05, 0) is 89.0 Å². The minimum atomic E-state index is -0.00650. The summed E-state index contributed by atoms with van der Waals surface area (Å²) in [6.07, 6.45) is 5.67. The third-order valence-corrected chi connectivity index (χ3v) is 4.68. The molecule has 1 nitrogen and oxygen atoms in total. The lowest BCUT2D eigenvalue weighted by atomic mass is 9.85. The van der Waals surface area contributed by atoms with Crippen molar-refractivity contribution in [3.8, 4) is 5.75 Å². The molecule has 0 aromatic heterocycles. The maximum Gasteiger partial charge on any atom is 0.126 e. The summed E-state index contributed by atoms with van der Waals surface area (Å²) in [5.41, 5.74) is 6.72. The number of benzene rings is 1. The maximum absolute atomic E-state index is 6.46. The van der Waals surface area contributed by atoms with Gasteiger partial charge in [0.25, 0.3) is 0 Å². The maximum atomic E-state index is 6.46. The van der Waals surface area contributed by atoms with Crippen LogP contribution in [0, 0.1) is 20.8 Å². The number of fused-ring (bicyclic) bond motifs is 1. The van der Waals surface area contributed by atoms with Crippen molar-refractivity contribution >= 4 is 0 Å². The summed E-state index contributed by atoms with van der Waals surface area (Å²) < 4.78 is 6.46. The van der Waals surface area contributed by atoms with Crippen LogP contribution in [0.4, 0.5) is 0 Å². The van der Waals surface area contributed by atoms with E-state index in [1.165, 1.54) is 34.2 Å². The smallest absolute Gasteiger partial charge is 0.126 e. The molecular formula is C19H28O. The lowest BCUT2D eigenvalue weighted by Crippen LogP contribution is -2.37. The monoisotopic (exact) mass is 272 g/mol. The fourth-order valence-corrected chi connectivity index (χ4v) is 3.18. The lowest BCUT2D eigenvalue weighted by molar-refractivity contribution is 0.0532. The zero-order chi connectivity index (χ0) is 14.9. The number of ether oxygens (including phenoxy) is 1. The van der Waals surface area contributed by atoms with E-state index in [1.807, 2.05) is 0 Å². The van der Waals surface area contributed by atoms with Crippen LogP contribution in [-0.4, -0.2) is 5.60 Å². The van der Waals surface area contributed by atoms with E-state index >= 15 is 0 Å². The summed E-state index contributed by atoms with van der Waals surface area (Å²) >= 11 is 0. The van der Waals surface area contributed by atoms with Crippen LogP contribution in [0.15, 0.2) is 18.2 Å². The van der Waals surface area contributed by atoms with E-state index in [2.05, 4.69) is 47.3 Å². The molecule has 0 N–H and O–H groups in total. The fourth-order valence-electron chi connectivity index (χ4n) is 3.18. The second kappa shape index (κ2) is 5.63. The normalized spacial score (nSPS) is 21.2. The molecule has 1 aliphatic heterocycles. The van der Waals surface area contributed by atoms with Crippen LogP contribution in [-0.2, 0) is 6.42 Å². The summed E-state index contributed by atoms with van der Waals surface area (Å²) in [6, 6.07) is 2.29. The van der Waals surface area contributed by atoms with Crippen LogP contribution >= 0.6 is 0 Å². The number of aryl methyl sites for hydroxylation is 2. The minimum absolute atomic E-state index is 0.00650. The van der Waals surface area contributed by atoms with Gasteiger partial charge < -0.3 is 4.74 Å². The number of hydrogen-bond donors (Lipinski definition) is 0. The summed E-state index contributed by atoms with van der Waals surface area (Å²) in [6.45, 7) is 14.9. The van der Waals surface area contributed by atoms with Crippen molar-refractivity contribution < 1.29 is 4.74 Å². The van der Waals surface area contributed by atoms with Crippen molar-refractivity contribution in [3.63, 3.8) is 0 Å². The Balaban J connectivity index is 2.19. The average Bonchev–Trinajstić information content (AvgIpc) is 2.35. The van der Waals surface area contributed by atoms with Crippen LogP contribution in [0.5, 0.6) is 5.75 Å². The Labute approximate surface area is 124 Å². The highest BCUT2D eigenvalue weighted by Gasteiger charge is 2.32. The topological polar surface area (TPSA) is 9.23 Å². The minimum Gasteiger partial charge on any atom is -0.487 e. The molecule has 0 spiro atoms. The molecule has 1 heteroatoms. The van der Waals surface area contributed by atoms with Gasteiger partial charge in [0.1, 0.15) is 11.4 Å². The van der Waals surface area contributed by atoms with Crippen molar-refractivity contribution in [2.75, 3.05) is 0 Å². The van der Waals surface area contributed by atoms with E-state index in [1.54, 1.807) is 0 Å². The Morgan fingerprint density at radius 2 is 2.00 bits per heavy atom. The predicted molar refractivity (Wildman–Crippen MR) is 86.7 cm³/mol. The molecule has 0 amide bonds. The number of allylic oxidation sites excluding steroid dienone is 1. The molecule has 1 aliphatic rings. The molecule has 1 aromatic rings. The molecule has 0 saturated heterocycles. The molecule has 2 rings (SSSR count). The van der Waals surface area contributed by atoms with Crippen LogP contribution in [0.25, 0.3) is 0 Å². The van der Waals surface area contributed by atoms with E-state index in [0.29, 0.717) is 0 Å². The Morgan fingerprint density at radius 3 is 2.65 bits per heavy atom. The average molecular weight is 272 g/mol. The molecule has 0 fully saturated rings. The van der Waals surface area contributed by atoms with Gasteiger partial charge in [-0.15, -0.1) is 6.58 Å². The first-order chi connectivity index (χ1) is 9.32. The van der Waals surface area contributed by atoms with Crippen LogP contribution in [0.1, 0.15) is 61.8 Å². The lowest BCUT2D eigenvalue weighted by Gasteiger charge is -2.38. The highest BCUT2D eigenvalue weighted by Crippen LogP contribution is 2.40. The Bertz CT molecular complexity index is 527. The molecule has 1 aromatic carbocycles. The molecular weight excluding hydrogens is 244 g/mol. The van der Waals surface area contributed by atoms with E-state index in [4.69, 9.17) is 4.74 Å². The van der Waals surface area contributed by atoms with Crippen molar-refractivity contribution in [2.45, 2.75) is 72.3 Å². The van der Waals surface area contributed by atoms with Gasteiger partial charge in [-0.3, -0.25) is 0 Å². The van der Waals surface area contributed by atoms with Crippen molar-refractivity contribution in [3.05, 3.63) is 40.5 Å². The second-order valence-corrected chi connectivity index (χ2v) is 6.81. The van der Waals surface area contributed by atoms with Gasteiger partial charge in [-0.2, -0.15) is 0 Å². The van der Waals surface area contributed by atoms with Crippen LogP contribution in [0.3, 0.4) is 0 Å². The first kappa shape index (κ1) is 15.2. The third kappa shape index (κ3) is 3.08. The molecule has 0 saturated carbocycles. The molecule has 1 atom stereocenters. The van der Waals surface area contributed by atoms with E-state index in [9.17, 15) is 0 Å². The zero-order valence-corrected chi connectivity index (χ0v) is 13.7. The summed E-state index contributed by atoms with van der Waals surface area (Å²) in [4.78, 5) is 0. The third-order valence-electron chi connectivity index (χ3n) is 4.68. The molecule has 20 heavy (non-hydrogen) atoms. The standard InChI is InChI=1S/C19H28O/c1-13(2)8-7-10-19(6)11-9-17-15(4)12-14(3)16(5)18(17)20-19/h12H,1,7-11H2,2-6H3. The van der Waals surface area contributed by atoms with Crippen molar-refractivity contribution in [1.82, 2.24) is 0 Å². The zero-order valence-electron chi connectivity index (χ0n) is 13.7. The van der Waals surface area contributed by atoms with E-state index in [-0.39, 0.29) is 5.60 Å². The SMILES string of the molecule is C=C(C)CCCC1(C)CCc2c(C)cc(C)c(C)c2O1. The highest BCUT2D eigenvalue weighted by atomic mass is 16.5. The molecule has 1 unspecified atom stereocenters. The first-order valence-corrected chi connectivity index (χ1v) is 7.75. The summed E-state index contributed by atoms with van der Waals surface area (Å²) in [7, 11) is 0. The Hall–Kier alpha value is -1.24. The van der Waals surface area contributed by atoms with Gasteiger partial charge in [-0.25, -0.2) is 0 Å². The molecule has 1 heterocycles. The highest BCUT2D eigenvalue weighted by molar-refractivity contribution is 5.51. The molecule has 0 radical (unpaired) electrons. The quantitative estimate of drug-likeness (QED) is 0.663. The molecule has 110 valence electrons. The van der Waals surface area contributed by atoms with Crippen LogP contribution < -0.4 is 4.74 Å². The second-order valence-electron chi connectivity index (χ2n) is 6.81. The predicted octanol–water partition coefficient (Wildman–Crippen LogP) is 5.44. The Morgan fingerprint density at radius 1 is 1.30 bits per heavy atom. The summed E-state index contributed by atoms with van der Waals surface area (Å²) in [5, 5.41) is 0. The van der Waals surface area contributed by atoms with Gasteiger partial charge in [-0.1, -0.05) is 11.6 Å². The van der Waals surface area contributed by atoms with Gasteiger partial charge in [0.05, 0.1) is 0 Å². The van der Waals surface area contributed by atoms with Gasteiger partial charge in [0.15, 0.2) is 0 Å². The van der Waals surface area contributed by atoms with E-state index in [0.717, 1.165) is 31.4 Å². The molecule has 0 bridgehead atoms. The largest absolute Gasteiger partial charge is 0.487 e. The number of hydrogen-bond acceptors (Lipinski definition) is 1. The van der Waals surface area contributed by atoms with Crippen molar-refractivity contribution in [2.24, 2.45) is 0 Å². The summed E-state index contributed by atoms with van der Waals surface area (Å²) in [5.74, 6) is 1.16.